The van der Waals surface area contributed by atoms with Crippen molar-refractivity contribution in [2.45, 2.75) is 23.8 Å². The van der Waals surface area contributed by atoms with Gasteiger partial charge in [-0.2, -0.15) is 5.10 Å². The van der Waals surface area contributed by atoms with E-state index in [4.69, 9.17) is 18.9 Å². The van der Waals surface area contributed by atoms with Gasteiger partial charge in [-0.25, -0.2) is 13.8 Å². The Kier molecular flexibility index (Phi) is 10.9. The van der Waals surface area contributed by atoms with Crippen molar-refractivity contribution < 1.29 is 37.0 Å². The molecule has 0 bridgehead atoms. The normalized spacial score (nSPS) is 14.7. The van der Waals surface area contributed by atoms with E-state index in [2.05, 4.69) is 15.8 Å². The molecule has 1 aliphatic heterocycles. The fraction of sp³-hybridized carbons (Fsp3) is 0.300. The van der Waals surface area contributed by atoms with Crippen LogP contribution in [-0.2, 0) is 24.3 Å². The van der Waals surface area contributed by atoms with Crippen LogP contribution in [0, 0.1) is 0 Å². The summed E-state index contributed by atoms with van der Waals surface area (Å²) in [7, 11) is -1.22. The standard InChI is InChI=1S/C30H34N4O8S/c1-39-27-15-12-23(17-28(27)40-2)34(43(37,38)26-8-4-3-5-9-26)20-29(35)33-32-18-22-10-13-24(14-11-22)42-21-30(36)31-19-25-7-6-16-41-25/h3-5,8-15,17-18,25H,6-7,16,19-21H2,1-2H3,(H,31,36)(H,33,35)/b32-18-/t25-/m0/s1. The topological polar surface area (TPSA) is 145 Å². The number of hydrazone groups is 1. The van der Waals surface area contributed by atoms with E-state index in [-0.39, 0.29) is 29.2 Å². The number of carbonyl (C=O) groups is 2. The zero-order chi connectivity index (χ0) is 30.7. The number of anilines is 1. The van der Waals surface area contributed by atoms with Gasteiger partial charge in [-0.15, -0.1) is 0 Å². The molecule has 3 aromatic carbocycles. The van der Waals surface area contributed by atoms with E-state index in [1.54, 1.807) is 48.5 Å². The summed E-state index contributed by atoms with van der Waals surface area (Å²) in [5, 5.41) is 6.76. The molecule has 1 atom stereocenters. The Morgan fingerprint density at radius 1 is 1.00 bits per heavy atom. The van der Waals surface area contributed by atoms with Crippen molar-refractivity contribution in [3.8, 4) is 17.2 Å². The van der Waals surface area contributed by atoms with Crippen LogP contribution in [0.5, 0.6) is 17.2 Å². The van der Waals surface area contributed by atoms with Gasteiger partial charge in [0.25, 0.3) is 21.8 Å². The molecule has 3 aromatic rings. The molecule has 0 spiro atoms. The highest BCUT2D eigenvalue weighted by atomic mass is 32.2. The minimum Gasteiger partial charge on any atom is -0.493 e. The summed E-state index contributed by atoms with van der Waals surface area (Å²) in [5.74, 6) is 0.301. The second-order valence-corrected chi connectivity index (χ2v) is 11.3. The molecule has 13 heteroatoms. The number of nitrogens with zero attached hydrogens (tertiary/aromatic N) is 2. The Balaban J connectivity index is 1.36. The Hall–Kier alpha value is -4.62. The number of ether oxygens (including phenoxy) is 4. The van der Waals surface area contributed by atoms with E-state index in [0.717, 1.165) is 23.8 Å². The number of rotatable bonds is 14. The van der Waals surface area contributed by atoms with Crippen LogP contribution in [-0.4, -0.2) is 73.1 Å². The second-order valence-electron chi connectivity index (χ2n) is 9.45. The Labute approximate surface area is 250 Å². The van der Waals surface area contributed by atoms with Crippen molar-refractivity contribution in [1.82, 2.24) is 10.7 Å². The predicted molar refractivity (Wildman–Crippen MR) is 160 cm³/mol. The van der Waals surface area contributed by atoms with E-state index < -0.39 is 22.5 Å². The number of amides is 2. The first-order valence-corrected chi connectivity index (χ1v) is 15.0. The van der Waals surface area contributed by atoms with Crippen LogP contribution in [0.15, 0.2) is 82.8 Å². The van der Waals surface area contributed by atoms with Gasteiger partial charge in [-0.1, -0.05) is 18.2 Å². The fourth-order valence-corrected chi connectivity index (χ4v) is 5.68. The van der Waals surface area contributed by atoms with Crippen molar-refractivity contribution in [1.29, 1.82) is 0 Å². The van der Waals surface area contributed by atoms with Gasteiger partial charge in [-0.05, 0) is 66.9 Å². The SMILES string of the molecule is COc1ccc(N(CC(=O)N/N=C\c2ccc(OCC(=O)NC[C@@H]3CCCO3)cc2)S(=O)(=O)c2ccccc2)cc1OC. The molecule has 0 aliphatic carbocycles. The largest absolute Gasteiger partial charge is 0.493 e. The highest BCUT2D eigenvalue weighted by molar-refractivity contribution is 7.92. The predicted octanol–water partition coefficient (Wildman–Crippen LogP) is 2.72. The van der Waals surface area contributed by atoms with Crippen molar-refractivity contribution in [3.05, 3.63) is 78.4 Å². The van der Waals surface area contributed by atoms with Crippen LogP contribution < -0.4 is 29.3 Å². The maximum atomic E-state index is 13.5. The average molecular weight is 611 g/mol. The lowest BCUT2D eigenvalue weighted by Crippen LogP contribution is -2.39. The number of benzene rings is 3. The first-order chi connectivity index (χ1) is 20.8. The molecule has 12 nitrogen and oxygen atoms in total. The Morgan fingerprint density at radius 2 is 1.74 bits per heavy atom. The molecule has 228 valence electrons. The maximum Gasteiger partial charge on any atom is 0.264 e. The second kappa shape index (κ2) is 15.0. The lowest BCUT2D eigenvalue weighted by Gasteiger charge is -2.24. The van der Waals surface area contributed by atoms with Crippen LogP contribution in [0.3, 0.4) is 0 Å². The summed E-state index contributed by atoms with van der Waals surface area (Å²) in [6, 6.07) is 19.1. The number of methoxy groups -OCH3 is 2. The van der Waals surface area contributed by atoms with Gasteiger partial charge < -0.3 is 24.3 Å². The summed E-state index contributed by atoms with van der Waals surface area (Å²) < 4.78 is 49.6. The van der Waals surface area contributed by atoms with E-state index in [0.29, 0.717) is 29.4 Å². The lowest BCUT2D eigenvalue weighted by molar-refractivity contribution is -0.123. The summed E-state index contributed by atoms with van der Waals surface area (Å²) in [4.78, 5) is 24.9. The molecule has 0 aromatic heterocycles. The van der Waals surface area contributed by atoms with Crippen LogP contribution >= 0.6 is 0 Å². The van der Waals surface area contributed by atoms with E-state index in [1.165, 1.54) is 44.7 Å². The van der Waals surface area contributed by atoms with Gasteiger partial charge in [0.1, 0.15) is 12.3 Å². The summed E-state index contributed by atoms with van der Waals surface area (Å²) in [6.07, 6.45) is 3.41. The highest BCUT2D eigenvalue weighted by Gasteiger charge is 2.28. The van der Waals surface area contributed by atoms with Crippen molar-refractivity contribution in [3.63, 3.8) is 0 Å². The van der Waals surface area contributed by atoms with Gasteiger partial charge in [-0.3, -0.25) is 13.9 Å². The minimum atomic E-state index is -4.12. The molecular formula is C30H34N4O8S. The van der Waals surface area contributed by atoms with E-state index >= 15 is 0 Å². The molecule has 1 aliphatic rings. The third-order valence-electron chi connectivity index (χ3n) is 6.48. The third kappa shape index (κ3) is 8.69. The van der Waals surface area contributed by atoms with Crippen LogP contribution in [0.25, 0.3) is 0 Å². The van der Waals surface area contributed by atoms with Gasteiger partial charge >= 0.3 is 0 Å². The number of sulfonamides is 1. The first-order valence-electron chi connectivity index (χ1n) is 13.5. The zero-order valence-electron chi connectivity index (χ0n) is 23.9. The Morgan fingerprint density at radius 3 is 2.42 bits per heavy atom. The van der Waals surface area contributed by atoms with Gasteiger partial charge in [0.15, 0.2) is 18.1 Å². The molecule has 1 heterocycles. The van der Waals surface area contributed by atoms with Crippen molar-refractivity contribution in [2.75, 3.05) is 44.8 Å². The van der Waals surface area contributed by atoms with E-state index in [9.17, 15) is 18.0 Å². The van der Waals surface area contributed by atoms with Gasteiger partial charge in [0.2, 0.25) is 0 Å². The van der Waals surface area contributed by atoms with Gasteiger partial charge in [0.05, 0.1) is 37.1 Å². The Bertz CT molecular complexity index is 1510. The molecule has 1 fully saturated rings. The number of carbonyl (C=O) groups excluding carboxylic acids is 2. The fourth-order valence-electron chi connectivity index (χ4n) is 4.24. The molecule has 2 amide bonds. The zero-order valence-corrected chi connectivity index (χ0v) is 24.7. The number of nitrogens with one attached hydrogen (secondary N) is 2. The highest BCUT2D eigenvalue weighted by Crippen LogP contribution is 2.33. The molecule has 0 unspecified atom stereocenters. The summed E-state index contributed by atoms with van der Waals surface area (Å²) in [6.45, 7) is 0.516. The third-order valence-corrected chi connectivity index (χ3v) is 8.27. The number of hydrogen-bond acceptors (Lipinski definition) is 9. The smallest absolute Gasteiger partial charge is 0.264 e. The van der Waals surface area contributed by atoms with Gasteiger partial charge in [0, 0.05) is 19.2 Å². The molecular weight excluding hydrogens is 576 g/mol. The molecule has 0 radical (unpaired) electrons. The maximum absolute atomic E-state index is 13.5. The van der Waals surface area contributed by atoms with Crippen LogP contribution in [0.1, 0.15) is 18.4 Å². The summed E-state index contributed by atoms with van der Waals surface area (Å²) >= 11 is 0. The molecule has 0 saturated carbocycles. The lowest BCUT2D eigenvalue weighted by atomic mass is 10.2. The minimum absolute atomic E-state index is 0.0173. The number of hydrogen-bond donors (Lipinski definition) is 2. The molecule has 1 saturated heterocycles. The average Bonchev–Trinajstić information content (AvgIpc) is 3.56. The van der Waals surface area contributed by atoms with Crippen LogP contribution in [0.2, 0.25) is 0 Å². The monoisotopic (exact) mass is 610 g/mol. The molecule has 2 N–H and O–H groups in total. The first kappa shape index (κ1) is 31.3. The van der Waals surface area contributed by atoms with E-state index in [1.807, 2.05) is 0 Å². The van der Waals surface area contributed by atoms with Crippen molar-refractivity contribution in [2.24, 2.45) is 5.10 Å². The van der Waals surface area contributed by atoms with Crippen molar-refractivity contribution >= 4 is 33.7 Å². The molecule has 43 heavy (non-hydrogen) atoms. The summed E-state index contributed by atoms with van der Waals surface area (Å²) in [5.41, 5.74) is 3.22. The quantitative estimate of drug-likeness (QED) is 0.209. The van der Waals surface area contributed by atoms with Crippen LogP contribution in [0.4, 0.5) is 5.69 Å². The molecule has 4 rings (SSSR count).